The van der Waals surface area contributed by atoms with Crippen LogP contribution in [0.3, 0.4) is 0 Å². The van der Waals surface area contributed by atoms with Crippen molar-refractivity contribution in [2.24, 2.45) is 0 Å². The number of ether oxygens (including phenoxy) is 1. The third kappa shape index (κ3) is 3.43. The lowest BCUT2D eigenvalue weighted by Crippen LogP contribution is -2.23. The topological polar surface area (TPSA) is 83.0 Å². The molecule has 0 bridgehead atoms. The summed E-state index contributed by atoms with van der Waals surface area (Å²) in [6.45, 7) is 4.48. The van der Waals surface area contributed by atoms with Gasteiger partial charge >= 0.3 is 0 Å². The Labute approximate surface area is 183 Å². The number of aryl methyl sites for hydroxylation is 1. The number of rotatable bonds is 5. The van der Waals surface area contributed by atoms with Crippen molar-refractivity contribution in [2.45, 2.75) is 13.8 Å². The van der Waals surface area contributed by atoms with Crippen LogP contribution >= 0.6 is 0 Å². The molecule has 0 saturated heterocycles. The van der Waals surface area contributed by atoms with Crippen LogP contribution in [0.4, 0.5) is 0 Å². The van der Waals surface area contributed by atoms with Gasteiger partial charge in [0.2, 0.25) is 5.82 Å². The van der Waals surface area contributed by atoms with Crippen LogP contribution in [-0.2, 0) is 0 Å². The van der Waals surface area contributed by atoms with Crippen molar-refractivity contribution in [3.05, 3.63) is 88.7 Å². The van der Waals surface area contributed by atoms with E-state index in [9.17, 15) is 4.79 Å². The van der Waals surface area contributed by atoms with Gasteiger partial charge in [-0.3, -0.25) is 4.79 Å². The number of aromatic nitrogens is 4. The van der Waals surface area contributed by atoms with E-state index < -0.39 is 0 Å². The summed E-state index contributed by atoms with van der Waals surface area (Å²) >= 11 is 0. The molecular weight excluding hydrogens is 404 g/mol. The van der Waals surface area contributed by atoms with Gasteiger partial charge in [-0.1, -0.05) is 41.6 Å². The molecule has 5 rings (SSSR count). The molecule has 2 aromatic heterocycles. The summed E-state index contributed by atoms with van der Waals surface area (Å²) < 4.78 is 12.5. The Bertz CT molecular complexity index is 1470. The molecule has 0 N–H and O–H groups in total. The van der Waals surface area contributed by atoms with E-state index in [4.69, 9.17) is 9.26 Å². The zero-order valence-electron chi connectivity index (χ0n) is 17.6. The van der Waals surface area contributed by atoms with E-state index in [1.54, 1.807) is 6.07 Å². The minimum atomic E-state index is -0.204. The minimum absolute atomic E-state index is 0.204. The number of fused-ring (bicyclic) bond motifs is 1. The third-order valence-corrected chi connectivity index (χ3v) is 5.20. The monoisotopic (exact) mass is 424 g/mol. The lowest BCUT2D eigenvalue weighted by molar-refractivity contribution is 0.340. The second-order valence-electron chi connectivity index (χ2n) is 7.28. The molecule has 0 aliphatic heterocycles. The molecule has 7 heteroatoms. The first-order valence-electron chi connectivity index (χ1n) is 10.3. The SMILES string of the molecule is CCOc1ccc(-c2noc(-c3nn(-c4ccccc4C)c(=O)c4ccccc34)n2)cc1. The molecule has 0 amide bonds. The highest BCUT2D eigenvalue weighted by Gasteiger charge is 2.19. The van der Waals surface area contributed by atoms with Crippen LogP contribution in [0, 0.1) is 6.92 Å². The van der Waals surface area contributed by atoms with Crippen LogP contribution < -0.4 is 10.3 Å². The van der Waals surface area contributed by atoms with Gasteiger partial charge in [-0.15, -0.1) is 0 Å². The van der Waals surface area contributed by atoms with Crippen molar-refractivity contribution < 1.29 is 9.26 Å². The van der Waals surface area contributed by atoms with Gasteiger partial charge in [0, 0.05) is 10.9 Å². The van der Waals surface area contributed by atoms with Gasteiger partial charge < -0.3 is 9.26 Å². The van der Waals surface area contributed by atoms with E-state index in [0.29, 0.717) is 34.6 Å². The Kier molecular flexibility index (Phi) is 4.99. The van der Waals surface area contributed by atoms with Crippen LogP contribution in [0.1, 0.15) is 12.5 Å². The highest BCUT2D eigenvalue weighted by Crippen LogP contribution is 2.27. The average Bonchev–Trinajstić information content (AvgIpc) is 3.31. The molecule has 0 radical (unpaired) electrons. The van der Waals surface area contributed by atoms with Gasteiger partial charge in [-0.05, 0) is 55.8 Å². The minimum Gasteiger partial charge on any atom is -0.494 e. The van der Waals surface area contributed by atoms with Crippen LogP contribution in [-0.4, -0.2) is 26.5 Å². The number of hydrogen-bond acceptors (Lipinski definition) is 6. The van der Waals surface area contributed by atoms with Gasteiger partial charge in [-0.2, -0.15) is 14.8 Å². The first kappa shape index (κ1) is 19.7. The molecule has 0 saturated carbocycles. The Morgan fingerprint density at radius 2 is 1.66 bits per heavy atom. The van der Waals surface area contributed by atoms with E-state index in [1.165, 1.54) is 4.68 Å². The first-order chi connectivity index (χ1) is 15.7. The predicted octanol–water partition coefficient (Wildman–Crippen LogP) is 4.81. The van der Waals surface area contributed by atoms with E-state index >= 15 is 0 Å². The van der Waals surface area contributed by atoms with Crippen molar-refractivity contribution in [1.82, 2.24) is 19.9 Å². The maximum absolute atomic E-state index is 13.2. The largest absolute Gasteiger partial charge is 0.494 e. The standard InChI is InChI=1S/C25H20N4O3/c1-3-31-18-14-12-17(13-15-18)23-26-24(32-28-23)22-19-9-5-6-10-20(19)25(30)29(27-22)21-11-7-4-8-16(21)2/h4-15H,3H2,1-2H3. The van der Waals surface area contributed by atoms with Gasteiger partial charge in [0.1, 0.15) is 5.75 Å². The van der Waals surface area contributed by atoms with Crippen LogP contribution in [0.15, 0.2) is 82.1 Å². The summed E-state index contributed by atoms with van der Waals surface area (Å²) in [6, 6.07) is 22.4. The lowest BCUT2D eigenvalue weighted by Gasteiger charge is -2.11. The van der Waals surface area contributed by atoms with Crippen molar-refractivity contribution in [3.8, 4) is 34.4 Å². The second-order valence-corrected chi connectivity index (χ2v) is 7.28. The predicted molar refractivity (Wildman–Crippen MR) is 122 cm³/mol. The Hall–Kier alpha value is -4.26. The number of benzene rings is 3. The molecular formula is C25H20N4O3. The van der Waals surface area contributed by atoms with E-state index in [-0.39, 0.29) is 11.4 Å². The van der Waals surface area contributed by atoms with Crippen molar-refractivity contribution in [3.63, 3.8) is 0 Å². The van der Waals surface area contributed by atoms with Gasteiger partial charge in [-0.25, -0.2) is 0 Å². The summed E-state index contributed by atoms with van der Waals surface area (Å²) in [5.41, 5.74) is 2.68. The zero-order valence-corrected chi connectivity index (χ0v) is 17.6. The van der Waals surface area contributed by atoms with Crippen LogP contribution in [0.2, 0.25) is 0 Å². The maximum Gasteiger partial charge on any atom is 0.279 e. The number of hydrogen-bond donors (Lipinski definition) is 0. The summed E-state index contributed by atoms with van der Waals surface area (Å²) in [6.07, 6.45) is 0. The molecule has 0 aliphatic carbocycles. The van der Waals surface area contributed by atoms with Gasteiger partial charge in [0.15, 0.2) is 5.69 Å². The zero-order chi connectivity index (χ0) is 22.1. The first-order valence-corrected chi connectivity index (χ1v) is 10.3. The van der Waals surface area contributed by atoms with Crippen molar-refractivity contribution in [2.75, 3.05) is 6.61 Å². The molecule has 0 unspecified atom stereocenters. The quantitative estimate of drug-likeness (QED) is 0.403. The fourth-order valence-corrected chi connectivity index (χ4v) is 3.62. The molecule has 158 valence electrons. The van der Waals surface area contributed by atoms with Crippen molar-refractivity contribution in [1.29, 1.82) is 0 Å². The van der Waals surface area contributed by atoms with Crippen LogP contribution in [0.5, 0.6) is 5.75 Å². The highest BCUT2D eigenvalue weighted by atomic mass is 16.5. The molecule has 0 aliphatic rings. The lowest BCUT2D eigenvalue weighted by atomic mass is 10.1. The summed E-state index contributed by atoms with van der Waals surface area (Å²) in [7, 11) is 0. The molecule has 2 heterocycles. The highest BCUT2D eigenvalue weighted by molar-refractivity contribution is 5.92. The number of para-hydroxylation sites is 1. The van der Waals surface area contributed by atoms with Gasteiger partial charge in [0.05, 0.1) is 17.7 Å². The fraction of sp³-hybridized carbons (Fsp3) is 0.120. The molecule has 7 nitrogen and oxygen atoms in total. The molecule has 5 aromatic rings. The van der Waals surface area contributed by atoms with Crippen molar-refractivity contribution >= 4 is 10.8 Å². The van der Waals surface area contributed by atoms with Gasteiger partial charge in [0.25, 0.3) is 11.4 Å². The second kappa shape index (κ2) is 8.11. The van der Waals surface area contributed by atoms with E-state index in [1.807, 2.05) is 80.6 Å². The smallest absolute Gasteiger partial charge is 0.279 e. The Morgan fingerprint density at radius 3 is 2.41 bits per heavy atom. The molecule has 32 heavy (non-hydrogen) atoms. The fourth-order valence-electron chi connectivity index (χ4n) is 3.62. The normalized spacial score (nSPS) is 11.1. The van der Waals surface area contributed by atoms with E-state index in [2.05, 4.69) is 15.2 Å². The van der Waals surface area contributed by atoms with E-state index in [0.717, 1.165) is 16.9 Å². The maximum atomic E-state index is 13.2. The molecule has 0 atom stereocenters. The number of nitrogens with zero attached hydrogens (tertiary/aromatic N) is 4. The third-order valence-electron chi connectivity index (χ3n) is 5.20. The molecule has 0 spiro atoms. The Balaban J connectivity index is 1.66. The average molecular weight is 424 g/mol. The molecule has 3 aromatic carbocycles. The molecule has 0 fully saturated rings. The summed E-state index contributed by atoms with van der Waals surface area (Å²) in [5.74, 6) is 1.45. The summed E-state index contributed by atoms with van der Waals surface area (Å²) in [5, 5.41) is 9.95. The Morgan fingerprint density at radius 1 is 0.938 bits per heavy atom. The van der Waals surface area contributed by atoms with Crippen LogP contribution in [0.25, 0.3) is 39.4 Å². The summed E-state index contributed by atoms with van der Waals surface area (Å²) in [4.78, 5) is 17.8.